The number of halogens is 1. The Hall–Kier alpha value is -0.800. The molecule has 0 bridgehead atoms. The molecule has 1 fully saturated rings. The average Bonchev–Trinajstić information content (AvgIpc) is 2.23. The largest absolute Gasteiger partial charge is 0.473 e. The SMILES string of the molecule is Clc1cccnc1OC1CCOCC1. The van der Waals surface area contributed by atoms with E-state index in [2.05, 4.69) is 4.98 Å². The lowest BCUT2D eigenvalue weighted by Crippen LogP contribution is -2.26. The Balaban J connectivity index is 1.99. The molecule has 0 N–H and O–H groups in total. The van der Waals surface area contributed by atoms with Gasteiger partial charge in [0.05, 0.1) is 13.2 Å². The van der Waals surface area contributed by atoms with Gasteiger partial charge in [0.15, 0.2) is 0 Å². The Morgan fingerprint density at radius 2 is 2.21 bits per heavy atom. The first kappa shape index (κ1) is 9.74. The highest BCUT2D eigenvalue weighted by Crippen LogP contribution is 2.23. The summed E-state index contributed by atoms with van der Waals surface area (Å²) in [6.07, 6.45) is 3.69. The van der Waals surface area contributed by atoms with Crippen molar-refractivity contribution in [2.45, 2.75) is 18.9 Å². The van der Waals surface area contributed by atoms with E-state index in [1.807, 2.05) is 0 Å². The fourth-order valence-electron chi connectivity index (χ4n) is 1.41. The summed E-state index contributed by atoms with van der Waals surface area (Å²) in [6, 6.07) is 3.57. The molecule has 0 saturated carbocycles. The molecule has 0 unspecified atom stereocenters. The Kier molecular flexibility index (Phi) is 3.22. The monoisotopic (exact) mass is 213 g/mol. The molecule has 1 aromatic heterocycles. The Bertz CT molecular complexity index is 300. The molecule has 0 spiro atoms. The van der Waals surface area contributed by atoms with Crippen molar-refractivity contribution in [2.75, 3.05) is 13.2 Å². The first-order valence-electron chi connectivity index (χ1n) is 4.71. The van der Waals surface area contributed by atoms with Crippen molar-refractivity contribution in [3.63, 3.8) is 0 Å². The van der Waals surface area contributed by atoms with Crippen LogP contribution in [0.3, 0.4) is 0 Å². The smallest absolute Gasteiger partial charge is 0.232 e. The molecule has 1 aliphatic heterocycles. The predicted octanol–water partition coefficient (Wildman–Crippen LogP) is 2.29. The van der Waals surface area contributed by atoms with Gasteiger partial charge in [-0.15, -0.1) is 0 Å². The van der Waals surface area contributed by atoms with Gasteiger partial charge >= 0.3 is 0 Å². The molecular weight excluding hydrogens is 202 g/mol. The van der Waals surface area contributed by atoms with Crippen LogP contribution in [0.5, 0.6) is 5.88 Å². The zero-order valence-corrected chi connectivity index (χ0v) is 8.54. The maximum atomic E-state index is 5.92. The van der Waals surface area contributed by atoms with Gasteiger partial charge in [-0.25, -0.2) is 4.98 Å². The summed E-state index contributed by atoms with van der Waals surface area (Å²) in [5, 5.41) is 0.569. The van der Waals surface area contributed by atoms with Gasteiger partial charge in [-0.05, 0) is 12.1 Å². The Morgan fingerprint density at radius 3 is 2.93 bits per heavy atom. The van der Waals surface area contributed by atoms with E-state index in [-0.39, 0.29) is 6.10 Å². The molecule has 2 rings (SSSR count). The van der Waals surface area contributed by atoms with Gasteiger partial charge in [-0.1, -0.05) is 11.6 Å². The molecule has 0 atom stereocenters. The lowest BCUT2D eigenvalue weighted by Gasteiger charge is -2.22. The molecule has 4 heteroatoms. The summed E-state index contributed by atoms with van der Waals surface area (Å²) in [5.74, 6) is 0.529. The molecule has 0 amide bonds. The van der Waals surface area contributed by atoms with E-state index < -0.39 is 0 Å². The highest BCUT2D eigenvalue weighted by Gasteiger charge is 2.16. The van der Waals surface area contributed by atoms with Crippen LogP contribution in [0, 0.1) is 0 Å². The second-order valence-corrected chi connectivity index (χ2v) is 3.63. The second kappa shape index (κ2) is 4.62. The van der Waals surface area contributed by atoms with E-state index in [1.165, 1.54) is 0 Å². The third kappa shape index (κ3) is 2.36. The maximum Gasteiger partial charge on any atom is 0.232 e. The van der Waals surface area contributed by atoms with Crippen molar-refractivity contribution < 1.29 is 9.47 Å². The topological polar surface area (TPSA) is 31.4 Å². The normalized spacial score (nSPS) is 18.1. The van der Waals surface area contributed by atoms with Crippen LogP contribution in [-0.2, 0) is 4.74 Å². The minimum Gasteiger partial charge on any atom is -0.473 e. The van der Waals surface area contributed by atoms with Gasteiger partial charge in [0.1, 0.15) is 11.1 Å². The van der Waals surface area contributed by atoms with Crippen molar-refractivity contribution in [1.29, 1.82) is 0 Å². The molecule has 1 aliphatic rings. The summed E-state index contributed by atoms with van der Waals surface area (Å²) in [5.41, 5.74) is 0. The third-order valence-corrected chi connectivity index (χ3v) is 2.46. The van der Waals surface area contributed by atoms with Gasteiger partial charge in [-0.2, -0.15) is 0 Å². The number of hydrogen-bond acceptors (Lipinski definition) is 3. The van der Waals surface area contributed by atoms with Crippen LogP contribution >= 0.6 is 11.6 Å². The lowest BCUT2D eigenvalue weighted by atomic mass is 10.1. The summed E-state index contributed by atoms with van der Waals surface area (Å²) < 4.78 is 10.9. The molecule has 1 saturated heterocycles. The number of ether oxygens (including phenoxy) is 2. The second-order valence-electron chi connectivity index (χ2n) is 3.22. The van der Waals surface area contributed by atoms with E-state index >= 15 is 0 Å². The fraction of sp³-hybridized carbons (Fsp3) is 0.500. The number of aromatic nitrogens is 1. The maximum absolute atomic E-state index is 5.92. The molecular formula is C10H12ClNO2. The Morgan fingerprint density at radius 1 is 1.43 bits per heavy atom. The molecule has 0 aromatic carbocycles. The van der Waals surface area contributed by atoms with Crippen LogP contribution in [-0.4, -0.2) is 24.3 Å². The highest BCUT2D eigenvalue weighted by molar-refractivity contribution is 6.31. The van der Waals surface area contributed by atoms with Crippen molar-refractivity contribution in [3.05, 3.63) is 23.4 Å². The van der Waals surface area contributed by atoms with Crippen molar-refractivity contribution in [3.8, 4) is 5.88 Å². The molecule has 3 nitrogen and oxygen atoms in total. The van der Waals surface area contributed by atoms with Gasteiger partial charge < -0.3 is 9.47 Å². The van der Waals surface area contributed by atoms with Crippen LogP contribution in [0.25, 0.3) is 0 Å². The molecule has 0 aliphatic carbocycles. The minimum absolute atomic E-state index is 0.191. The number of nitrogens with zero attached hydrogens (tertiary/aromatic N) is 1. The van der Waals surface area contributed by atoms with Gasteiger partial charge in [0.2, 0.25) is 5.88 Å². The van der Waals surface area contributed by atoms with Gasteiger partial charge in [0.25, 0.3) is 0 Å². The Labute approximate surface area is 88.0 Å². The predicted molar refractivity (Wildman–Crippen MR) is 53.7 cm³/mol. The number of pyridine rings is 1. The zero-order valence-electron chi connectivity index (χ0n) is 7.78. The minimum atomic E-state index is 0.191. The first-order valence-corrected chi connectivity index (χ1v) is 5.09. The van der Waals surface area contributed by atoms with Gasteiger partial charge in [0, 0.05) is 19.0 Å². The number of rotatable bonds is 2. The molecule has 14 heavy (non-hydrogen) atoms. The molecule has 0 radical (unpaired) electrons. The number of hydrogen-bond donors (Lipinski definition) is 0. The van der Waals surface area contributed by atoms with E-state index in [0.29, 0.717) is 10.9 Å². The van der Waals surface area contributed by atoms with Crippen molar-refractivity contribution in [2.24, 2.45) is 0 Å². The summed E-state index contributed by atoms with van der Waals surface area (Å²) in [7, 11) is 0. The fourth-order valence-corrected chi connectivity index (χ4v) is 1.58. The van der Waals surface area contributed by atoms with E-state index in [4.69, 9.17) is 21.1 Å². The van der Waals surface area contributed by atoms with Crippen LogP contribution in [0.2, 0.25) is 5.02 Å². The van der Waals surface area contributed by atoms with E-state index in [1.54, 1.807) is 18.3 Å². The van der Waals surface area contributed by atoms with Gasteiger partial charge in [-0.3, -0.25) is 0 Å². The van der Waals surface area contributed by atoms with E-state index in [9.17, 15) is 0 Å². The van der Waals surface area contributed by atoms with Crippen molar-refractivity contribution in [1.82, 2.24) is 4.98 Å². The summed E-state index contributed by atoms with van der Waals surface area (Å²) in [4.78, 5) is 4.08. The standard InChI is InChI=1S/C10H12ClNO2/c11-9-2-1-5-12-10(9)14-8-3-6-13-7-4-8/h1-2,5,8H,3-4,6-7H2. The van der Waals surface area contributed by atoms with Crippen LogP contribution in [0.15, 0.2) is 18.3 Å². The van der Waals surface area contributed by atoms with E-state index in [0.717, 1.165) is 26.1 Å². The highest BCUT2D eigenvalue weighted by atomic mass is 35.5. The molecule has 76 valence electrons. The van der Waals surface area contributed by atoms with Crippen molar-refractivity contribution >= 4 is 11.6 Å². The van der Waals surface area contributed by atoms with Crippen LogP contribution < -0.4 is 4.74 Å². The quantitative estimate of drug-likeness (QED) is 0.756. The zero-order chi connectivity index (χ0) is 9.80. The summed E-state index contributed by atoms with van der Waals surface area (Å²) >= 11 is 5.92. The van der Waals surface area contributed by atoms with Crippen LogP contribution in [0.4, 0.5) is 0 Å². The lowest BCUT2D eigenvalue weighted by molar-refractivity contribution is 0.0238. The molecule has 2 heterocycles. The summed E-state index contributed by atoms with van der Waals surface area (Å²) in [6.45, 7) is 1.52. The first-order chi connectivity index (χ1) is 6.86. The average molecular weight is 214 g/mol. The van der Waals surface area contributed by atoms with Crippen LogP contribution in [0.1, 0.15) is 12.8 Å². The third-order valence-electron chi connectivity index (χ3n) is 2.17. The molecule has 1 aromatic rings.